The summed E-state index contributed by atoms with van der Waals surface area (Å²) in [6.07, 6.45) is 2.13. The molecule has 5 heteroatoms. The van der Waals surface area contributed by atoms with Crippen molar-refractivity contribution in [2.24, 2.45) is 0 Å². The van der Waals surface area contributed by atoms with Crippen LogP contribution < -0.4 is 16.0 Å². The number of carbonyl (C=O) groups excluding carboxylic acids is 2. The summed E-state index contributed by atoms with van der Waals surface area (Å²) in [4.78, 5) is 23.6. The van der Waals surface area contributed by atoms with E-state index >= 15 is 0 Å². The molecule has 1 fully saturated rings. The molecular weight excluding hydrogens is 314 g/mol. The van der Waals surface area contributed by atoms with E-state index in [1.165, 1.54) is 6.92 Å². The number of benzene rings is 2. The highest BCUT2D eigenvalue weighted by Crippen LogP contribution is 2.21. The molecule has 2 aromatic rings. The smallest absolute Gasteiger partial charge is 0.241 e. The van der Waals surface area contributed by atoms with Gasteiger partial charge in [0.15, 0.2) is 0 Å². The van der Waals surface area contributed by atoms with Crippen LogP contribution in [0.5, 0.6) is 0 Å². The van der Waals surface area contributed by atoms with Gasteiger partial charge >= 0.3 is 0 Å². The van der Waals surface area contributed by atoms with Gasteiger partial charge in [-0.05, 0) is 36.1 Å². The molecule has 0 aliphatic heterocycles. The summed E-state index contributed by atoms with van der Waals surface area (Å²) >= 11 is 0. The fourth-order valence-electron chi connectivity index (χ4n) is 2.65. The summed E-state index contributed by atoms with van der Waals surface area (Å²) in [5, 5.41) is 9.16. The van der Waals surface area contributed by atoms with Crippen LogP contribution in [0.25, 0.3) is 0 Å². The molecule has 0 saturated heterocycles. The van der Waals surface area contributed by atoms with Crippen LogP contribution in [0.3, 0.4) is 0 Å². The Balaban J connectivity index is 1.65. The molecule has 5 nitrogen and oxygen atoms in total. The zero-order valence-electron chi connectivity index (χ0n) is 14.3. The highest BCUT2D eigenvalue weighted by molar-refractivity contribution is 5.88. The van der Waals surface area contributed by atoms with E-state index in [4.69, 9.17) is 0 Å². The number of anilines is 1. The van der Waals surface area contributed by atoms with Crippen molar-refractivity contribution < 1.29 is 9.59 Å². The van der Waals surface area contributed by atoms with E-state index in [-0.39, 0.29) is 17.9 Å². The maximum Gasteiger partial charge on any atom is 0.241 e. The van der Waals surface area contributed by atoms with Crippen molar-refractivity contribution in [3.63, 3.8) is 0 Å². The molecule has 25 heavy (non-hydrogen) atoms. The average molecular weight is 337 g/mol. The van der Waals surface area contributed by atoms with Gasteiger partial charge in [-0.3, -0.25) is 14.9 Å². The second-order valence-corrected chi connectivity index (χ2v) is 6.39. The number of amides is 2. The molecule has 1 aliphatic carbocycles. The lowest BCUT2D eigenvalue weighted by Crippen LogP contribution is -2.38. The predicted molar refractivity (Wildman–Crippen MR) is 97.9 cm³/mol. The van der Waals surface area contributed by atoms with Gasteiger partial charge in [-0.15, -0.1) is 0 Å². The Hall–Kier alpha value is -2.66. The maximum absolute atomic E-state index is 12.6. The molecule has 0 bridgehead atoms. The van der Waals surface area contributed by atoms with E-state index in [1.54, 1.807) is 0 Å². The first-order valence-electron chi connectivity index (χ1n) is 8.57. The molecule has 3 rings (SSSR count). The Morgan fingerprint density at radius 3 is 2.32 bits per heavy atom. The molecule has 3 N–H and O–H groups in total. The third-order valence-corrected chi connectivity index (χ3v) is 4.10. The van der Waals surface area contributed by atoms with Crippen LogP contribution in [0.2, 0.25) is 0 Å². The first-order chi connectivity index (χ1) is 12.1. The van der Waals surface area contributed by atoms with Crippen molar-refractivity contribution >= 4 is 17.5 Å². The minimum absolute atomic E-state index is 0.0172. The minimum Gasteiger partial charge on any atom is -0.352 e. The fourth-order valence-corrected chi connectivity index (χ4v) is 2.65. The van der Waals surface area contributed by atoms with Gasteiger partial charge in [0.2, 0.25) is 11.8 Å². The van der Waals surface area contributed by atoms with Crippen LogP contribution in [0.15, 0.2) is 54.6 Å². The van der Waals surface area contributed by atoms with Gasteiger partial charge in [-0.1, -0.05) is 42.5 Å². The van der Waals surface area contributed by atoms with Crippen LogP contribution in [0.1, 0.15) is 36.9 Å². The molecule has 0 radical (unpaired) electrons. The maximum atomic E-state index is 12.6. The lowest BCUT2D eigenvalue weighted by molar-refractivity contribution is -0.123. The van der Waals surface area contributed by atoms with Crippen molar-refractivity contribution in [3.8, 4) is 0 Å². The van der Waals surface area contributed by atoms with Gasteiger partial charge in [0.1, 0.15) is 6.04 Å². The normalized spacial score (nSPS) is 14.6. The molecule has 0 aromatic heterocycles. The number of hydrogen-bond donors (Lipinski definition) is 3. The van der Waals surface area contributed by atoms with E-state index in [9.17, 15) is 9.59 Å². The van der Waals surface area contributed by atoms with E-state index in [2.05, 4.69) is 16.0 Å². The number of nitrogens with one attached hydrogen (secondary N) is 3. The fraction of sp³-hybridized carbons (Fsp3) is 0.300. The van der Waals surface area contributed by atoms with E-state index in [1.807, 2.05) is 54.6 Å². The lowest BCUT2D eigenvalue weighted by Gasteiger charge is -2.19. The molecule has 1 atom stereocenters. The summed E-state index contributed by atoms with van der Waals surface area (Å²) in [6, 6.07) is 17.3. The molecule has 0 heterocycles. The van der Waals surface area contributed by atoms with Crippen molar-refractivity contribution in [1.29, 1.82) is 0 Å². The molecule has 1 aliphatic rings. The first kappa shape index (κ1) is 17.2. The second kappa shape index (κ2) is 7.94. The van der Waals surface area contributed by atoms with Gasteiger partial charge in [0, 0.05) is 25.2 Å². The van der Waals surface area contributed by atoms with Crippen LogP contribution >= 0.6 is 0 Å². The highest BCUT2D eigenvalue weighted by Gasteiger charge is 2.28. The number of rotatable bonds is 7. The Morgan fingerprint density at radius 2 is 1.72 bits per heavy atom. The Morgan fingerprint density at radius 1 is 1.04 bits per heavy atom. The Kier molecular flexibility index (Phi) is 5.46. The summed E-state index contributed by atoms with van der Waals surface area (Å²) in [5.74, 6) is -0.0738. The van der Waals surface area contributed by atoms with E-state index in [0.29, 0.717) is 12.6 Å². The third-order valence-electron chi connectivity index (χ3n) is 4.10. The summed E-state index contributed by atoms with van der Waals surface area (Å²) in [6.45, 7) is 2.05. The van der Waals surface area contributed by atoms with Crippen molar-refractivity contribution in [3.05, 3.63) is 65.7 Å². The molecule has 130 valence electrons. The third kappa shape index (κ3) is 5.16. The lowest BCUT2D eigenvalue weighted by atomic mass is 10.1. The van der Waals surface area contributed by atoms with Crippen molar-refractivity contribution in [2.45, 2.75) is 38.4 Å². The molecule has 2 aromatic carbocycles. The second-order valence-electron chi connectivity index (χ2n) is 6.39. The zero-order chi connectivity index (χ0) is 17.6. The predicted octanol–water partition coefficient (Wildman–Crippen LogP) is 2.75. The molecule has 0 spiro atoms. The van der Waals surface area contributed by atoms with Crippen molar-refractivity contribution in [1.82, 2.24) is 10.6 Å². The van der Waals surface area contributed by atoms with Gasteiger partial charge in [-0.25, -0.2) is 0 Å². The zero-order valence-corrected chi connectivity index (χ0v) is 14.3. The Labute approximate surface area is 147 Å². The number of hydrogen-bond acceptors (Lipinski definition) is 3. The average Bonchev–Trinajstić information content (AvgIpc) is 3.41. The van der Waals surface area contributed by atoms with Crippen LogP contribution in [0, 0.1) is 0 Å². The minimum atomic E-state index is -0.378. The summed E-state index contributed by atoms with van der Waals surface area (Å²) in [5.41, 5.74) is 2.77. The number of carbonyl (C=O) groups is 2. The summed E-state index contributed by atoms with van der Waals surface area (Å²) < 4.78 is 0. The van der Waals surface area contributed by atoms with Gasteiger partial charge in [0.25, 0.3) is 0 Å². The van der Waals surface area contributed by atoms with Crippen LogP contribution in [0.4, 0.5) is 5.69 Å². The largest absolute Gasteiger partial charge is 0.352 e. The quantitative estimate of drug-likeness (QED) is 0.727. The van der Waals surface area contributed by atoms with E-state index < -0.39 is 0 Å². The molecule has 1 unspecified atom stereocenters. The standard InChI is InChI=1S/C20H23N3O2/c1-14(24)22-17-9-7-15(8-10-17)13-21-19(16-5-3-2-4-6-16)20(25)23-18-11-12-18/h2-10,18-19,21H,11-13H2,1H3,(H,22,24)(H,23,25). The molecule has 2 amide bonds. The SMILES string of the molecule is CC(=O)Nc1ccc(CNC(C(=O)NC2CC2)c2ccccc2)cc1. The summed E-state index contributed by atoms with van der Waals surface area (Å²) in [7, 11) is 0. The van der Waals surface area contributed by atoms with Gasteiger partial charge < -0.3 is 10.6 Å². The van der Waals surface area contributed by atoms with Gasteiger partial charge in [-0.2, -0.15) is 0 Å². The Bertz CT molecular complexity index is 724. The van der Waals surface area contributed by atoms with E-state index in [0.717, 1.165) is 29.7 Å². The van der Waals surface area contributed by atoms with Crippen LogP contribution in [-0.4, -0.2) is 17.9 Å². The van der Waals surface area contributed by atoms with Crippen molar-refractivity contribution in [2.75, 3.05) is 5.32 Å². The first-order valence-corrected chi connectivity index (χ1v) is 8.57. The van der Waals surface area contributed by atoms with Gasteiger partial charge in [0.05, 0.1) is 0 Å². The molecular formula is C20H23N3O2. The topological polar surface area (TPSA) is 70.2 Å². The van der Waals surface area contributed by atoms with Crippen LogP contribution in [-0.2, 0) is 16.1 Å². The monoisotopic (exact) mass is 337 g/mol. The molecule has 1 saturated carbocycles. The highest BCUT2D eigenvalue weighted by atomic mass is 16.2.